The molecule has 1 aliphatic rings. The minimum Gasteiger partial charge on any atom is -0.481 e. The van der Waals surface area contributed by atoms with Gasteiger partial charge in [0.25, 0.3) is 0 Å². The minimum absolute atomic E-state index is 0.0341. The van der Waals surface area contributed by atoms with Gasteiger partial charge in [0.15, 0.2) is 0 Å². The van der Waals surface area contributed by atoms with Crippen LogP contribution in [0, 0.1) is 5.92 Å². The monoisotopic (exact) mass is 256 g/mol. The fraction of sp³-hybridized carbons (Fsp3) is 0.846. The number of carbonyl (C=O) groups excluding carboxylic acids is 1. The van der Waals surface area contributed by atoms with E-state index in [0.717, 1.165) is 6.42 Å². The third kappa shape index (κ3) is 5.38. The quantitative estimate of drug-likeness (QED) is 0.681. The molecule has 5 nitrogen and oxygen atoms in total. The summed E-state index contributed by atoms with van der Waals surface area (Å²) >= 11 is 0. The molecule has 0 aromatic carbocycles. The van der Waals surface area contributed by atoms with Crippen LogP contribution in [0.15, 0.2) is 0 Å². The highest BCUT2D eigenvalue weighted by molar-refractivity contribution is 5.75. The lowest BCUT2D eigenvalue weighted by Crippen LogP contribution is -2.46. The number of aliphatic carboxylic acids is 1. The van der Waals surface area contributed by atoms with Crippen molar-refractivity contribution in [1.29, 1.82) is 0 Å². The first-order chi connectivity index (χ1) is 8.63. The lowest BCUT2D eigenvalue weighted by atomic mass is 9.83. The topological polar surface area (TPSA) is 78.4 Å². The van der Waals surface area contributed by atoms with E-state index < -0.39 is 5.97 Å². The number of hydrogen-bond acceptors (Lipinski definition) is 2. The summed E-state index contributed by atoms with van der Waals surface area (Å²) in [6, 6.07) is -0.0243. The molecule has 1 aliphatic carbocycles. The van der Waals surface area contributed by atoms with E-state index in [9.17, 15) is 9.59 Å². The molecule has 0 aliphatic heterocycles. The van der Waals surface area contributed by atoms with Crippen molar-refractivity contribution >= 4 is 12.0 Å². The van der Waals surface area contributed by atoms with Gasteiger partial charge in [-0.15, -0.1) is 0 Å². The molecule has 1 fully saturated rings. The van der Waals surface area contributed by atoms with Crippen LogP contribution in [0.25, 0.3) is 0 Å². The van der Waals surface area contributed by atoms with Gasteiger partial charge in [0, 0.05) is 12.6 Å². The Hall–Kier alpha value is -1.26. The van der Waals surface area contributed by atoms with Gasteiger partial charge in [-0.1, -0.05) is 26.2 Å². The van der Waals surface area contributed by atoms with Gasteiger partial charge in [0.05, 0.1) is 6.42 Å². The van der Waals surface area contributed by atoms with Gasteiger partial charge >= 0.3 is 12.0 Å². The lowest BCUT2D eigenvalue weighted by molar-refractivity contribution is -0.136. The number of nitrogens with one attached hydrogen (secondary N) is 2. The van der Waals surface area contributed by atoms with Gasteiger partial charge in [0.1, 0.15) is 0 Å². The average Bonchev–Trinajstić information content (AvgIpc) is 2.36. The maximum Gasteiger partial charge on any atom is 0.315 e. The van der Waals surface area contributed by atoms with E-state index >= 15 is 0 Å². The predicted molar refractivity (Wildman–Crippen MR) is 69.4 cm³/mol. The van der Waals surface area contributed by atoms with Crippen LogP contribution >= 0.6 is 0 Å². The van der Waals surface area contributed by atoms with Crippen LogP contribution in [-0.4, -0.2) is 29.7 Å². The molecule has 0 saturated heterocycles. The molecule has 18 heavy (non-hydrogen) atoms. The molecule has 0 spiro atoms. The largest absolute Gasteiger partial charge is 0.481 e. The molecule has 0 aromatic rings. The molecule has 1 unspecified atom stereocenters. The Morgan fingerprint density at radius 1 is 1.28 bits per heavy atom. The summed E-state index contributed by atoms with van der Waals surface area (Å²) in [5, 5.41) is 14.0. The lowest BCUT2D eigenvalue weighted by Gasteiger charge is -2.30. The van der Waals surface area contributed by atoms with Gasteiger partial charge in [-0.25, -0.2) is 4.79 Å². The van der Waals surface area contributed by atoms with Crippen molar-refractivity contribution in [2.24, 2.45) is 5.92 Å². The summed E-state index contributed by atoms with van der Waals surface area (Å²) in [6.45, 7) is 2.26. The highest BCUT2D eigenvalue weighted by Gasteiger charge is 2.23. The highest BCUT2D eigenvalue weighted by Crippen LogP contribution is 2.27. The van der Waals surface area contributed by atoms with E-state index in [1.165, 1.54) is 32.1 Å². The Morgan fingerprint density at radius 2 is 1.94 bits per heavy atom. The Labute approximate surface area is 108 Å². The molecular weight excluding hydrogens is 232 g/mol. The first-order valence-corrected chi connectivity index (χ1v) is 6.89. The maximum atomic E-state index is 11.6. The molecule has 0 heterocycles. The zero-order chi connectivity index (χ0) is 13.4. The van der Waals surface area contributed by atoms with Crippen molar-refractivity contribution in [3.63, 3.8) is 0 Å². The van der Waals surface area contributed by atoms with E-state index in [1.807, 2.05) is 0 Å². The van der Waals surface area contributed by atoms with Gasteiger partial charge < -0.3 is 15.7 Å². The minimum atomic E-state index is -0.894. The summed E-state index contributed by atoms with van der Waals surface area (Å²) in [5.74, 6) is -0.316. The molecule has 1 rings (SSSR count). The molecule has 3 N–H and O–H groups in total. The normalized spacial score (nSPS) is 18.1. The van der Waals surface area contributed by atoms with Gasteiger partial charge in [0.2, 0.25) is 0 Å². The SMILES string of the molecule is CCC(NC(=O)NCCC(=O)O)C1CCCCC1. The maximum absolute atomic E-state index is 11.6. The second-order valence-electron chi connectivity index (χ2n) is 4.96. The zero-order valence-corrected chi connectivity index (χ0v) is 11.1. The highest BCUT2D eigenvalue weighted by atomic mass is 16.4. The van der Waals surface area contributed by atoms with Crippen molar-refractivity contribution in [3.05, 3.63) is 0 Å². The molecule has 1 saturated carbocycles. The van der Waals surface area contributed by atoms with E-state index in [0.29, 0.717) is 5.92 Å². The van der Waals surface area contributed by atoms with Crippen molar-refractivity contribution in [1.82, 2.24) is 10.6 Å². The summed E-state index contributed by atoms with van der Waals surface area (Å²) in [7, 11) is 0. The second kappa shape index (κ2) is 7.95. The predicted octanol–water partition coefficient (Wildman–Crippen LogP) is 2.12. The molecule has 2 amide bonds. The van der Waals surface area contributed by atoms with Gasteiger partial charge in [-0.3, -0.25) is 4.79 Å². The van der Waals surface area contributed by atoms with Crippen molar-refractivity contribution in [2.75, 3.05) is 6.54 Å². The van der Waals surface area contributed by atoms with E-state index in [2.05, 4.69) is 17.6 Å². The summed E-state index contributed by atoms with van der Waals surface area (Å²) < 4.78 is 0. The van der Waals surface area contributed by atoms with Crippen molar-refractivity contribution < 1.29 is 14.7 Å². The molecule has 1 atom stereocenters. The van der Waals surface area contributed by atoms with Crippen molar-refractivity contribution in [3.8, 4) is 0 Å². The number of carboxylic acids is 1. The number of amides is 2. The summed E-state index contributed by atoms with van der Waals surface area (Å²) in [4.78, 5) is 22.0. The average molecular weight is 256 g/mol. The summed E-state index contributed by atoms with van der Waals surface area (Å²) in [5.41, 5.74) is 0. The van der Waals surface area contributed by atoms with Crippen LogP contribution < -0.4 is 10.6 Å². The number of urea groups is 1. The Morgan fingerprint density at radius 3 is 2.50 bits per heavy atom. The molecule has 0 aromatic heterocycles. The molecule has 0 bridgehead atoms. The van der Waals surface area contributed by atoms with E-state index in [-0.39, 0.29) is 25.0 Å². The standard InChI is InChI=1S/C13H24N2O3/c1-2-11(10-6-4-3-5-7-10)15-13(18)14-9-8-12(16)17/h10-11H,2-9H2,1H3,(H,16,17)(H2,14,15,18). The number of carboxylic acid groups (broad SMARTS) is 1. The third-order valence-electron chi connectivity index (χ3n) is 3.60. The first-order valence-electron chi connectivity index (χ1n) is 6.89. The van der Waals surface area contributed by atoms with Crippen LogP contribution in [0.3, 0.4) is 0 Å². The third-order valence-corrected chi connectivity index (χ3v) is 3.60. The molecular formula is C13H24N2O3. The van der Waals surface area contributed by atoms with Crippen LogP contribution in [0.1, 0.15) is 51.9 Å². The van der Waals surface area contributed by atoms with E-state index in [1.54, 1.807) is 0 Å². The Balaban J connectivity index is 2.28. The summed E-state index contributed by atoms with van der Waals surface area (Å²) in [6.07, 6.45) is 7.08. The van der Waals surface area contributed by atoms with Crippen molar-refractivity contribution in [2.45, 2.75) is 57.9 Å². The van der Waals surface area contributed by atoms with Crippen LogP contribution in [0.2, 0.25) is 0 Å². The molecule has 104 valence electrons. The Kier molecular flexibility index (Phi) is 6.54. The van der Waals surface area contributed by atoms with Crippen LogP contribution in [-0.2, 0) is 4.79 Å². The number of hydrogen-bond donors (Lipinski definition) is 3. The molecule has 0 radical (unpaired) electrons. The number of rotatable bonds is 6. The first kappa shape index (κ1) is 14.8. The fourth-order valence-corrected chi connectivity index (χ4v) is 2.59. The molecule has 5 heteroatoms. The van der Waals surface area contributed by atoms with Crippen LogP contribution in [0.4, 0.5) is 4.79 Å². The smallest absolute Gasteiger partial charge is 0.315 e. The van der Waals surface area contributed by atoms with Crippen LogP contribution in [0.5, 0.6) is 0 Å². The Bertz CT molecular complexity index is 275. The fourth-order valence-electron chi connectivity index (χ4n) is 2.59. The van der Waals surface area contributed by atoms with Gasteiger partial charge in [-0.2, -0.15) is 0 Å². The number of carbonyl (C=O) groups is 2. The van der Waals surface area contributed by atoms with E-state index in [4.69, 9.17) is 5.11 Å². The van der Waals surface area contributed by atoms with Gasteiger partial charge in [-0.05, 0) is 25.2 Å². The second-order valence-corrected chi connectivity index (χ2v) is 4.96. The zero-order valence-electron chi connectivity index (χ0n) is 11.1.